The second-order valence-electron chi connectivity index (χ2n) is 4.29. The van der Waals surface area contributed by atoms with E-state index in [1.165, 1.54) is 0 Å². The molecule has 2 rings (SSSR count). The van der Waals surface area contributed by atoms with E-state index in [1.54, 1.807) is 36.1 Å². The maximum atomic E-state index is 11.4. The van der Waals surface area contributed by atoms with Gasteiger partial charge in [-0.2, -0.15) is 0 Å². The quantitative estimate of drug-likeness (QED) is 0.282. The smallest absolute Gasteiger partial charge is 0.311 e. The molecule has 0 aliphatic heterocycles. The standard InChI is InChI=1S/C14H16N4O3/c1-2-21-13(19)7-11-8-18(9-16-11)12-5-3-10(4-6-12)14(15)17-20/h3-6,8-9,20H,2,7H2,1H3,(H2,15,17). The number of carbonyl (C=O) groups is 1. The van der Waals surface area contributed by atoms with E-state index in [9.17, 15) is 4.79 Å². The number of nitrogens with zero attached hydrogens (tertiary/aromatic N) is 3. The molecule has 1 aromatic carbocycles. The summed E-state index contributed by atoms with van der Waals surface area (Å²) in [5.41, 5.74) is 7.61. The van der Waals surface area contributed by atoms with Gasteiger partial charge in [-0.1, -0.05) is 5.16 Å². The Hall–Kier alpha value is -2.83. The van der Waals surface area contributed by atoms with Crippen LogP contribution in [0.15, 0.2) is 41.9 Å². The lowest BCUT2D eigenvalue weighted by Crippen LogP contribution is -2.12. The fourth-order valence-corrected chi connectivity index (χ4v) is 1.82. The molecule has 0 atom stereocenters. The van der Waals surface area contributed by atoms with Gasteiger partial charge in [0.15, 0.2) is 5.84 Å². The molecule has 0 spiro atoms. The van der Waals surface area contributed by atoms with E-state index in [2.05, 4.69) is 10.1 Å². The number of rotatable bonds is 5. The van der Waals surface area contributed by atoms with E-state index in [4.69, 9.17) is 15.7 Å². The minimum absolute atomic E-state index is 0.0511. The molecule has 110 valence electrons. The minimum atomic E-state index is -0.301. The van der Waals surface area contributed by atoms with Crippen LogP contribution in [-0.2, 0) is 16.0 Å². The SMILES string of the molecule is CCOC(=O)Cc1cn(-c2ccc(C(N)=NO)cc2)cn1. The number of amidine groups is 1. The Balaban J connectivity index is 2.12. The molecule has 7 heteroatoms. The molecule has 0 saturated heterocycles. The zero-order chi connectivity index (χ0) is 15.2. The fourth-order valence-electron chi connectivity index (χ4n) is 1.82. The number of aromatic nitrogens is 2. The number of oxime groups is 1. The van der Waals surface area contributed by atoms with Crippen molar-refractivity contribution in [2.45, 2.75) is 13.3 Å². The van der Waals surface area contributed by atoms with Gasteiger partial charge in [0.05, 0.1) is 25.0 Å². The zero-order valence-corrected chi connectivity index (χ0v) is 11.6. The maximum absolute atomic E-state index is 11.4. The third kappa shape index (κ3) is 3.59. The van der Waals surface area contributed by atoms with Gasteiger partial charge in [-0.15, -0.1) is 0 Å². The summed E-state index contributed by atoms with van der Waals surface area (Å²) in [6, 6.07) is 7.08. The molecule has 0 amide bonds. The predicted octanol–water partition coefficient (Wildman–Crippen LogP) is 1.07. The highest BCUT2D eigenvalue weighted by Crippen LogP contribution is 2.11. The molecule has 3 N–H and O–H groups in total. The first kappa shape index (κ1) is 14.6. The van der Waals surface area contributed by atoms with E-state index in [-0.39, 0.29) is 18.2 Å². The number of carbonyl (C=O) groups excluding carboxylic acids is 1. The van der Waals surface area contributed by atoms with Gasteiger partial charge < -0.3 is 20.2 Å². The minimum Gasteiger partial charge on any atom is -0.466 e. The van der Waals surface area contributed by atoms with Gasteiger partial charge in [0.1, 0.15) is 0 Å². The molecule has 0 radical (unpaired) electrons. The maximum Gasteiger partial charge on any atom is 0.311 e. The molecule has 0 unspecified atom stereocenters. The van der Waals surface area contributed by atoms with Crippen molar-refractivity contribution in [3.63, 3.8) is 0 Å². The number of nitrogens with two attached hydrogens (primary N) is 1. The van der Waals surface area contributed by atoms with Crippen LogP contribution in [0.2, 0.25) is 0 Å². The molecule has 21 heavy (non-hydrogen) atoms. The van der Waals surface area contributed by atoms with Gasteiger partial charge in [-0.25, -0.2) is 4.98 Å². The molecule has 7 nitrogen and oxygen atoms in total. The Labute approximate surface area is 121 Å². The van der Waals surface area contributed by atoms with E-state index in [0.717, 1.165) is 5.69 Å². The lowest BCUT2D eigenvalue weighted by atomic mass is 10.2. The van der Waals surface area contributed by atoms with Gasteiger partial charge in [-0.3, -0.25) is 4.79 Å². The normalized spacial score (nSPS) is 11.4. The molecule has 0 aliphatic rings. The van der Waals surface area contributed by atoms with E-state index in [1.807, 2.05) is 12.1 Å². The molecule has 1 aromatic heterocycles. The Bertz CT molecular complexity index is 646. The summed E-state index contributed by atoms with van der Waals surface area (Å²) in [5, 5.41) is 11.5. The largest absolute Gasteiger partial charge is 0.466 e. The van der Waals surface area contributed by atoms with Crippen LogP contribution in [0.4, 0.5) is 0 Å². The summed E-state index contributed by atoms with van der Waals surface area (Å²) >= 11 is 0. The third-order valence-corrected chi connectivity index (χ3v) is 2.84. The molecule has 0 saturated carbocycles. The van der Waals surface area contributed by atoms with Crippen molar-refractivity contribution in [2.24, 2.45) is 10.9 Å². The van der Waals surface area contributed by atoms with Crippen LogP contribution >= 0.6 is 0 Å². The van der Waals surface area contributed by atoms with Crippen LogP contribution in [0.3, 0.4) is 0 Å². The van der Waals surface area contributed by atoms with Crippen molar-refractivity contribution in [1.29, 1.82) is 0 Å². The first-order chi connectivity index (χ1) is 10.1. The first-order valence-corrected chi connectivity index (χ1v) is 6.41. The number of ether oxygens (including phenoxy) is 1. The van der Waals surface area contributed by atoms with Gasteiger partial charge in [0.25, 0.3) is 0 Å². The number of imidazole rings is 1. The van der Waals surface area contributed by atoms with Crippen molar-refractivity contribution in [3.05, 3.63) is 48.0 Å². The molecular weight excluding hydrogens is 272 g/mol. The Morgan fingerprint density at radius 3 is 2.76 bits per heavy atom. The van der Waals surface area contributed by atoms with Crippen LogP contribution in [0.5, 0.6) is 0 Å². The van der Waals surface area contributed by atoms with Crippen molar-refractivity contribution in [1.82, 2.24) is 9.55 Å². The fraction of sp³-hybridized carbons (Fsp3) is 0.214. The molecule has 0 aliphatic carbocycles. The summed E-state index contributed by atoms with van der Waals surface area (Å²) in [6.45, 7) is 2.12. The van der Waals surface area contributed by atoms with Crippen molar-refractivity contribution in [2.75, 3.05) is 6.61 Å². The Morgan fingerprint density at radius 1 is 1.43 bits per heavy atom. The van der Waals surface area contributed by atoms with E-state index >= 15 is 0 Å². The van der Waals surface area contributed by atoms with Crippen LogP contribution in [-0.4, -0.2) is 33.2 Å². The summed E-state index contributed by atoms with van der Waals surface area (Å²) in [7, 11) is 0. The molecule has 2 aromatic rings. The lowest BCUT2D eigenvalue weighted by molar-refractivity contribution is -0.142. The van der Waals surface area contributed by atoms with Gasteiger partial charge in [0, 0.05) is 17.4 Å². The average molecular weight is 288 g/mol. The zero-order valence-electron chi connectivity index (χ0n) is 11.6. The average Bonchev–Trinajstić information content (AvgIpc) is 2.95. The highest BCUT2D eigenvalue weighted by molar-refractivity contribution is 5.97. The molecule has 1 heterocycles. The highest BCUT2D eigenvalue weighted by Gasteiger charge is 2.08. The van der Waals surface area contributed by atoms with Gasteiger partial charge in [-0.05, 0) is 31.2 Å². The molecular formula is C14H16N4O3. The number of hydrogen-bond donors (Lipinski definition) is 2. The first-order valence-electron chi connectivity index (χ1n) is 6.41. The number of esters is 1. The predicted molar refractivity (Wildman–Crippen MR) is 76.4 cm³/mol. The van der Waals surface area contributed by atoms with Gasteiger partial charge >= 0.3 is 5.97 Å². The van der Waals surface area contributed by atoms with Crippen LogP contribution in [0.25, 0.3) is 5.69 Å². The Morgan fingerprint density at radius 2 is 2.14 bits per heavy atom. The second kappa shape index (κ2) is 6.56. The van der Waals surface area contributed by atoms with Gasteiger partial charge in [0.2, 0.25) is 0 Å². The monoisotopic (exact) mass is 288 g/mol. The second-order valence-corrected chi connectivity index (χ2v) is 4.29. The summed E-state index contributed by atoms with van der Waals surface area (Å²) in [6.07, 6.45) is 3.52. The summed E-state index contributed by atoms with van der Waals surface area (Å²) < 4.78 is 6.66. The van der Waals surface area contributed by atoms with Crippen LogP contribution in [0, 0.1) is 0 Å². The van der Waals surface area contributed by atoms with Crippen molar-refractivity contribution >= 4 is 11.8 Å². The number of benzene rings is 1. The van der Waals surface area contributed by atoms with Crippen LogP contribution < -0.4 is 5.73 Å². The highest BCUT2D eigenvalue weighted by atomic mass is 16.5. The Kier molecular flexibility index (Phi) is 4.55. The summed E-state index contributed by atoms with van der Waals surface area (Å²) in [4.78, 5) is 15.6. The van der Waals surface area contributed by atoms with E-state index < -0.39 is 0 Å². The molecule has 0 fully saturated rings. The van der Waals surface area contributed by atoms with Crippen molar-refractivity contribution < 1.29 is 14.7 Å². The topological polar surface area (TPSA) is 103 Å². The third-order valence-electron chi connectivity index (χ3n) is 2.84. The number of hydrogen-bond acceptors (Lipinski definition) is 5. The summed E-state index contributed by atoms with van der Waals surface area (Å²) in [5.74, 6) is -0.250. The molecule has 0 bridgehead atoms. The van der Waals surface area contributed by atoms with Crippen molar-refractivity contribution in [3.8, 4) is 5.69 Å². The van der Waals surface area contributed by atoms with Crippen LogP contribution in [0.1, 0.15) is 18.2 Å². The van der Waals surface area contributed by atoms with E-state index in [0.29, 0.717) is 17.9 Å². The lowest BCUT2D eigenvalue weighted by Gasteiger charge is -2.03.